The van der Waals surface area contributed by atoms with Crippen LogP contribution in [0.15, 0.2) is 29.4 Å². The molecule has 0 amide bonds. The number of rotatable bonds is 6. The number of hydrogen-bond donors (Lipinski definition) is 1. The molecular formula is C11H13NO4. The quantitative estimate of drug-likeness (QED) is 0.583. The third-order valence-corrected chi connectivity index (χ3v) is 1.82. The van der Waals surface area contributed by atoms with Crippen molar-refractivity contribution >= 4 is 12.2 Å². The van der Waals surface area contributed by atoms with Gasteiger partial charge in [-0.05, 0) is 17.7 Å². The first-order valence-electron chi connectivity index (χ1n) is 4.71. The van der Waals surface area contributed by atoms with Gasteiger partial charge in [-0.2, -0.15) is 0 Å². The third kappa shape index (κ3) is 4.45. The summed E-state index contributed by atoms with van der Waals surface area (Å²) in [6, 6.07) is 7.51. The third-order valence-electron chi connectivity index (χ3n) is 1.82. The van der Waals surface area contributed by atoms with Crippen molar-refractivity contribution in [3.63, 3.8) is 0 Å². The molecule has 86 valence electrons. The highest BCUT2D eigenvalue weighted by Crippen LogP contribution is 2.10. The number of oxime groups is 1. The van der Waals surface area contributed by atoms with Crippen LogP contribution in [0.3, 0.4) is 0 Å². The minimum absolute atomic E-state index is 0.418. The van der Waals surface area contributed by atoms with E-state index in [0.29, 0.717) is 6.42 Å². The summed E-state index contributed by atoms with van der Waals surface area (Å²) < 4.78 is 5.01. The van der Waals surface area contributed by atoms with Crippen LogP contribution in [0.5, 0.6) is 5.75 Å². The number of carbonyl (C=O) groups is 1. The lowest BCUT2D eigenvalue weighted by atomic mass is 10.2. The Labute approximate surface area is 93.3 Å². The van der Waals surface area contributed by atoms with Crippen molar-refractivity contribution in [2.45, 2.75) is 6.42 Å². The Kier molecular flexibility index (Phi) is 4.85. The van der Waals surface area contributed by atoms with Gasteiger partial charge in [-0.1, -0.05) is 17.3 Å². The molecule has 0 bridgehead atoms. The van der Waals surface area contributed by atoms with Gasteiger partial charge < -0.3 is 14.7 Å². The topological polar surface area (TPSA) is 68.1 Å². The fourth-order valence-electron chi connectivity index (χ4n) is 1.05. The predicted molar refractivity (Wildman–Crippen MR) is 58.8 cm³/mol. The van der Waals surface area contributed by atoms with E-state index in [2.05, 4.69) is 9.99 Å². The van der Waals surface area contributed by atoms with Gasteiger partial charge >= 0.3 is 5.97 Å². The Hall–Kier alpha value is -2.04. The molecule has 0 aliphatic carbocycles. The van der Waals surface area contributed by atoms with Gasteiger partial charge in [-0.3, -0.25) is 0 Å². The largest absolute Gasteiger partial charge is 0.497 e. The molecule has 1 aromatic carbocycles. The zero-order chi connectivity index (χ0) is 11.8. The lowest BCUT2D eigenvalue weighted by molar-refractivity contribution is -0.142. The fourth-order valence-corrected chi connectivity index (χ4v) is 1.05. The number of methoxy groups -OCH3 is 1. The predicted octanol–water partition coefficient (Wildman–Crippen LogP) is 1.32. The van der Waals surface area contributed by atoms with Crippen LogP contribution in [0, 0.1) is 0 Å². The maximum Gasteiger partial charge on any atom is 0.344 e. The van der Waals surface area contributed by atoms with E-state index in [4.69, 9.17) is 9.84 Å². The van der Waals surface area contributed by atoms with Crippen molar-refractivity contribution in [1.29, 1.82) is 0 Å². The molecule has 0 saturated carbocycles. The first-order valence-corrected chi connectivity index (χ1v) is 4.71. The SMILES string of the molecule is COc1ccc(CC=NOCC(=O)O)cc1. The number of nitrogens with zero attached hydrogens (tertiary/aromatic N) is 1. The van der Waals surface area contributed by atoms with Crippen molar-refractivity contribution in [3.8, 4) is 5.75 Å². The first kappa shape index (κ1) is 12.0. The lowest BCUT2D eigenvalue weighted by Crippen LogP contribution is -2.03. The molecular weight excluding hydrogens is 210 g/mol. The van der Waals surface area contributed by atoms with E-state index in [-0.39, 0.29) is 0 Å². The summed E-state index contributed by atoms with van der Waals surface area (Å²) in [6.07, 6.45) is 2.11. The van der Waals surface area contributed by atoms with Crippen molar-refractivity contribution in [3.05, 3.63) is 29.8 Å². The molecule has 0 atom stereocenters. The fraction of sp³-hybridized carbons (Fsp3) is 0.273. The average Bonchev–Trinajstić information content (AvgIpc) is 2.29. The molecule has 0 radical (unpaired) electrons. The van der Waals surface area contributed by atoms with Gasteiger partial charge in [0.1, 0.15) is 5.75 Å². The lowest BCUT2D eigenvalue weighted by Gasteiger charge is -2.00. The summed E-state index contributed by atoms with van der Waals surface area (Å²) in [5, 5.41) is 11.8. The minimum atomic E-state index is -1.04. The Morgan fingerprint density at radius 2 is 2.12 bits per heavy atom. The second-order valence-corrected chi connectivity index (χ2v) is 3.01. The highest BCUT2D eigenvalue weighted by atomic mass is 16.6. The molecule has 16 heavy (non-hydrogen) atoms. The number of carboxylic acid groups (broad SMARTS) is 1. The molecule has 0 saturated heterocycles. The Bertz CT molecular complexity index is 359. The molecule has 0 aliphatic heterocycles. The molecule has 0 aliphatic rings. The van der Waals surface area contributed by atoms with Crippen molar-refractivity contribution in [2.24, 2.45) is 5.16 Å². The number of hydrogen-bond acceptors (Lipinski definition) is 4. The number of aliphatic carboxylic acids is 1. The Balaban J connectivity index is 2.33. The van der Waals surface area contributed by atoms with E-state index in [1.165, 1.54) is 6.21 Å². The number of carboxylic acids is 1. The van der Waals surface area contributed by atoms with Gasteiger partial charge in [0.2, 0.25) is 6.61 Å². The van der Waals surface area contributed by atoms with Crippen LogP contribution in [0.1, 0.15) is 5.56 Å². The van der Waals surface area contributed by atoms with Crippen LogP contribution in [0.2, 0.25) is 0 Å². The van der Waals surface area contributed by atoms with E-state index < -0.39 is 12.6 Å². The highest BCUT2D eigenvalue weighted by molar-refractivity contribution is 5.68. The molecule has 1 rings (SSSR count). The van der Waals surface area contributed by atoms with E-state index >= 15 is 0 Å². The highest BCUT2D eigenvalue weighted by Gasteiger charge is 1.94. The van der Waals surface area contributed by atoms with Crippen LogP contribution in [0.4, 0.5) is 0 Å². The standard InChI is InChI=1S/C11H13NO4/c1-15-10-4-2-9(3-5-10)6-7-12-16-8-11(13)14/h2-5,7H,6,8H2,1H3,(H,13,14). The van der Waals surface area contributed by atoms with Gasteiger partial charge in [0.25, 0.3) is 0 Å². The van der Waals surface area contributed by atoms with E-state index in [1.807, 2.05) is 24.3 Å². The van der Waals surface area contributed by atoms with Gasteiger partial charge in [-0.15, -0.1) is 0 Å². The maximum atomic E-state index is 10.1. The van der Waals surface area contributed by atoms with Crippen LogP contribution in [-0.2, 0) is 16.1 Å². The average molecular weight is 223 g/mol. The summed E-state index contributed by atoms with van der Waals surface area (Å²) in [4.78, 5) is 14.6. The van der Waals surface area contributed by atoms with Crippen LogP contribution >= 0.6 is 0 Å². The van der Waals surface area contributed by atoms with Gasteiger partial charge in [-0.25, -0.2) is 4.79 Å². The summed E-state index contributed by atoms with van der Waals surface area (Å²) in [7, 11) is 1.61. The molecule has 0 spiro atoms. The second kappa shape index (κ2) is 6.44. The molecule has 0 fully saturated rings. The van der Waals surface area contributed by atoms with Crippen LogP contribution in [-0.4, -0.2) is 31.0 Å². The molecule has 1 N–H and O–H groups in total. The molecule has 5 heteroatoms. The Morgan fingerprint density at radius 3 is 2.69 bits per heavy atom. The number of ether oxygens (including phenoxy) is 1. The summed E-state index contributed by atoms with van der Waals surface area (Å²) >= 11 is 0. The normalized spacial score (nSPS) is 10.3. The molecule has 0 aromatic heterocycles. The van der Waals surface area contributed by atoms with Gasteiger partial charge in [0, 0.05) is 12.6 Å². The monoisotopic (exact) mass is 223 g/mol. The van der Waals surface area contributed by atoms with E-state index in [1.54, 1.807) is 7.11 Å². The Morgan fingerprint density at radius 1 is 1.44 bits per heavy atom. The van der Waals surface area contributed by atoms with E-state index in [9.17, 15) is 4.79 Å². The molecule has 0 heterocycles. The summed E-state index contributed by atoms with van der Waals surface area (Å²) in [6.45, 7) is -0.418. The maximum absolute atomic E-state index is 10.1. The van der Waals surface area contributed by atoms with Crippen molar-refractivity contribution in [1.82, 2.24) is 0 Å². The molecule has 0 unspecified atom stereocenters. The first-order chi connectivity index (χ1) is 7.72. The molecule has 1 aromatic rings. The van der Waals surface area contributed by atoms with E-state index in [0.717, 1.165) is 11.3 Å². The zero-order valence-corrected chi connectivity index (χ0v) is 8.92. The van der Waals surface area contributed by atoms with Crippen molar-refractivity contribution in [2.75, 3.05) is 13.7 Å². The summed E-state index contributed by atoms with van der Waals surface area (Å²) in [5.74, 6) is -0.246. The summed E-state index contributed by atoms with van der Waals surface area (Å²) in [5.41, 5.74) is 1.04. The van der Waals surface area contributed by atoms with Crippen LogP contribution < -0.4 is 4.74 Å². The van der Waals surface area contributed by atoms with Gasteiger partial charge in [0.15, 0.2) is 0 Å². The smallest absolute Gasteiger partial charge is 0.344 e. The number of benzene rings is 1. The zero-order valence-electron chi connectivity index (χ0n) is 8.92. The van der Waals surface area contributed by atoms with Crippen LogP contribution in [0.25, 0.3) is 0 Å². The second-order valence-electron chi connectivity index (χ2n) is 3.01. The van der Waals surface area contributed by atoms with Gasteiger partial charge in [0.05, 0.1) is 7.11 Å². The van der Waals surface area contributed by atoms with Crippen molar-refractivity contribution < 1.29 is 19.5 Å². The molecule has 5 nitrogen and oxygen atoms in total. The minimum Gasteiger partial charge on any atom is -0.497 e.